The molecule has 4 aromatic rings. The molecule has 1 unspecified atom stereocenters. The van der Waals surface area contributed by atoms with Gasteiger partial charge < -0.3 is 10.6 Å². The third kappa shape index (κ3) is 4.94. The van der Waals surface area contributed by atoms with E-state index in [0.717, 1.165) is 36.1 Å². The molecule has 1 atom stereocenters. The molecule has 1 fully saturated rings. The predicted molar refractivity (Wildman–Crippen MR) is 128 cm³/mol. The van der Waals surface area contributed by atoms with Gasteiger partial charge in [0.05, 0.1) is 25.1 Å². The molecule has 2 heterocycles. The second kappa shape index (κ2) is 8.42. The molecule has 0 aliphatic heterocycles. The van der Waals surface area contributed by atoms with Gasteiger partial charge in [0, 0.05) is 17.6 Å². The van der Waals surface area contributed by atoms with Crippen LogP contribution in [0, 0.1) is 11.2 Å². The van der Waals surface area contributed by atoms with Gasteiger partial charge in [-0.25, -0.2) is 19.0 Å². The largest absolute Gasteiger partial charge is 0.373 e. The van der Waals surface area contributed by atoms with E-state index in [1.54, 1.807) is 18.5 Å². The van der Waals surface area contributed by atoms with Crippen LogP contribution in [0.1, 0.15) is 58.3 Å². The summed E-state index contributed by atoms with van der Waals surface area (Å²) in [5.41, 5.74) is 2.59. The fraction of sp³-hybridized carbons (Fsp3) is 0.360. The normalized spacial score (nSPS) is 16.3. The first-order valence-electron chi connectivity index (χ1n) is 11.7. The van der Waals surface area contributed by atoms with Gasteiger partial charge >= 0.3 is 0 Å². The lowest BCUT2D eigenvalue weighted by atomic mass is 9.97. The van der Waals surface area contributed by atoms with Gasteiger partial charge in [-0.2, -0.15) is 0 Å². The Balaban J connectivity index is 1.53. The Bertz CT molecular complexity index is 1310. The third-order valence-electron chi connectivity index (χ3n) is 5.51. The highest BCUT2D eigenvalue weighted by Crippen LogP contribution is 2.35. The lowest BCUT2D eigenvalue weighted by Gasteiger charge is -2.21. The first-order chi connectivity index (χ1) is 16.2. The Morgan fingerprint density at radius 2 is 1.94 bits per heavy atom. The zero-order valence-corrected chi connectivity index (χ0v) is 19.0. The van der Waals surface area contributed by atoms with Crippen LogP contribution in [-0.2, 0) is 0 Å². The van der Waals surface area contributed by atoms with Crippen molar-refractivity contribution in [3.63, 3.8) is 0 Å². The van der Waals surface area contributed by atoms with Crippen molar-refractivity contribution in [3.8, 4) is 0 Å². The maximum Gasteiger partial charge on any atom is 0.137 e. The van der Waals surface area contributed by atoms with Crippen molar-refractivity contribution in [2.45, 2.75) is 45.7 Å². The minimum atomic E-state index is -1.47. The second-order valence-electron chi connectivity index (χ2n) is 9.69. The number of hydrogen-bond donors (Lipinski definition) is 2. The molecule has 0 saturated heterocycles. The molecule has 1 saturated carbocycles. The van der Waals surface area contributed by atoms with Crippen molar-refractivity contribution in [2.24, 2.45) is 5.41 Å². The van der Waals surface area contributed by atoms with Crippen molar-refractivity contribution >= 4 is 22.4 Å². The maximum atomic E-state index is 13.7. The zero-order valence-electron chi connectivity index (χ0n) is 20.0. The number of hydrogen-bond acceptors (Lipinski definition) is 6. The van der Waals surface area contributed by atoms with Crippen molar-refractivity contribution < 1.29 is 5.76 Å². The molecule has 5 rings (SSSR count). The molecule has 0 bridgehead atoms. The van der Waals surface area contributed by atoms with Gasteiger partial charge in [0.1, 0.15) is 23.7 Å². The summed E-state index contributed by atoms with van der Waals surface area (Å²) in [7, 11) is 0. The predicted octanol–water partition coefficient (Wildman–Crippen LogP) is 5.35. The fourth-order valence-corrected chi connectivity index (χ4v) is 3.58. The van der Waals surface area contributed by atoms with Gasteiger partial charge in [-0.3, -0.25) is 0 Å². The highest BCUT2D eigenvalue weighted by molar-refractivity contribution is 5.91. The van der Waals surface area contributed by atoms with Crippen molar-refractivity contribution in [2.75, 3.05) is 17.2 Å². The Morgan fingerprint density at radius 3 is 2.67 bits per heavy atom. The van der Waals surface area contributed by atoms with Crippen LogP contribution in [0.25, 0.3) is 10.9 Å². The number of rotatable bonds is 7. The van der Waals surface area contributed by atoms with Gasteiger partial charge in [-0.15, -0.1) is 5.10 Å². The maximum absolute atomic E-state index is 13.7. The number of nitrogens with one attached hydrogen (secondary N) is 2. The summed E-state index contributed by atoms with van der Waals surface area (Å²) >= 11 is 0. The van der Waals surface area contributed by atoms with E-state index in [2.05, 4.69) is 51.7 Å². The first-order valence-corrected chi connectivity index (χ1v) is 11.2. The minimum Gasteiger partial charge on any atom is -0.373 e. The van der Waals surface area contributed by atoms with Crippen LogP contribution in [0.4, 0.5) is 15.9 Å². The van der Waals surface area contributed by atoms with Crippen LogP contribution in [-0.4, -0.2) is 31.5 Å². The van der Waals surface area contributed by atoms with Gasteiger partial charge in [0.15, 0.2) is 0 Å². The minimum absolute atomic E-state index is 0.0828. The van der Waals surface area contributed by atoms with E-state index < -0.39 is 6.02 Å². The molecular formula is C25H28FN7. The van der Waals surface area contributed by atoms with E-state index in [-0.39, 0.29) is 11.2 Å². The number of benzene rings is 2. The molecule has 1 aliphatic rings. The van der Waals surface area contributed by atoms with Crippen LogP contribution in [0.15, 0.2) is 55.0 Å². The first kappa shape index (κ1) is 20.1. The summed E-state index contributed by atoms with van der Waals surface area (Å²) in [4.78, 5) is 8.83. The van der Waals surface area contributed by atoms with Crippen LogP contribution in [0.3, 0.4) is 0 Å². The summed E-state index contributed by atoms with van der Waals surface area (Å²) in [6, 6.07) is 10.5. The van der Waals surface area contributed by atoms with Crippen LogP contribution in [0.5, 0.6) is 0 Å². The fourth-order valence-electron chi connectivity index (χ4n) is 3.58. The van der Waals surface area contributed by atoms with Crippen molar-refractivity contribution in [3.05, 3.63) is 72.1 Å². The number of fused-ring (bicyclic) bond motifs is 1. The van der Waals surface area contributed by atoms with E-state index in [9.17, 15) is 5.76 Å². The standard InChI is InChI=1S/C25H28FN7/c1-25(2,3)14-27-24-20-12-18(8-11-21(20)28-15-29-24)30-23(16-4-6-17(26)7-5-16)22-13-33(32-31-22)19-9-10-19/h4-8,11-13,15,19,23,30H,9-10,14H2,1-3H3,(H,27,28,29)/i23D. The summed E-state index contributed by atoms with van der Waals surface area (Å²) in [6.45, 7) is 7.21. The molecule has 0 radical (unpaired) electrons. The Labute approximate surface area is 193 Å². The molecule has 0 amide bonds. The van der Waals surface area contributed by atoms with E-state index >= 15 is 0 Å². The lowest BCUT2D eigenvalue weighted by molar-refractivity contribution is 0.442. The summed E-state index contributed by atoms with van der Waals surface area (Å²) < 4.78 is 24.9. The van der Waals surface area contributed by atoms with Gasteiger partial charge in [-0.05, 0) is 54.2 Å². The molecule has 8 heteroatoms. The van der Waals surface area contributed by atoms with Crippen LogP contribution in [0.2, 0.25) is 0 Å². The molecular weight excluding hydrogens is 417 g/mol. The molecule has 2 N–H and O–H groups in total. The second-order valence-corrected chi connectivity index (χ2v) is 9.69. The van der Waals surface area contributed by atoms with Crippen molar-refractivity contribution in [1.82, 2.24) is 25.0 Å². The Kier molecular flexibility index (Phi) is 5.13. The Morgan fingerprint density at radius 1 is 1.15 bits per heavy atom. The van der Waals surface area contributed by atoms with E-state index in [1.807, 2.05) is 29.1 Å². The monoisotopic (exact) mass is 446 g/mol. The third-order valence-corrected chi connectivity index (χ3v) is 5.51. The average Bonchev–Trinajstić information content (AvgIpc) is 3.53. The Hall–Kier alpha value is -3.55. The molecule has 1 aliphatic carbocycles. The quantitative estimate of drug-likeness (QED) is 0.398. The van der Waals surface area contributed by atoms with Gasteiger partial charge in [-0.1, -0.05) is 38.1 Å². The summed E-state index contributed by atoms with van der Waals surface area (Å²) in [5.74, 6) is 0.380. The highest BCUT2D eigenvalue weighted by atomic mass is 19.1. The van der Waals surface area contributed by atoms with Crippen molar-refractivity contribution in [1.29, 1.82) is 0 Å². The molecule has 2 aromatic carbocycles. The van der Waals surface area contributed by atoms with Gasteiger partial charge in [0.25, 0.3) is 0 Å². The smallest absolute Gasteiger partial charge is 0.137 e. The topological polar surface area (TPSA) is 80.5 Å². The SMILES string of the molecule is [2H]C(Nc1ccc2ncnc(NCC(C)(C)C)c2c1)(c1ccc(F)cc1)c1cn(C2CC2)nn1. The van der Waals surface area contributed by atoms with E-state index in [0.29, 0.717) is 23.0 Å². The molecule has 33 heavy (non-hydrogen) atoms. The van der Waals surface area contributed by atoms with E-state index in [1.165, 1.54) is 12.1 Å². The summed E-state index contributed by atoms with van der Waals surface area (Å²) in [6.07, 6.45) is 5.48. The van der Waals surface area contributed by atoms with Crippen LogP contribution < -0.4 is 10.6 Å². The van der Waals surface area contributed by atoms with E-state index in [4.69, 9.17) is 0 Å². The summed E-state index contributed by atoms with van der Waals surface area (Å²) in [5, 5.41) is 16.1. The molecule has 170 valence electrons. The number of halogens is 1. The number of anilines is 2. The number of nitrogens with zero attached hydrogens (tertiary/aromatic N) is 5. The number of aromatic nitrogens is 5. The van der Waals surface area contributed by atoms with Crippen LogP contribution >= 0.6 is 0 Å². The molecule has 7 nitrogen and oxygen atoms in total. The lowest BCUT2D eigenvalue weighted by Crippen LogP contribution is -2.19. The zero-order chi connectivity index (χ0) is 23.9. The van der Waals surface area contributed by atoms with Gasteiger partial charge in [0.2, 0.25) is 0 Å². The molecule has 2 aromatic heterocycles. The average molecular weight is 447 g/mol. The molecule has 0 spiro atoms. The highest BCUT2D eigenvalue weighted by Gasteiger charge is 2.27.